The van der Waals surface area contributed by atoms with Gasteiger partial charge in [-0.15, -0.1) is 0 Å². The summed E-state index contributed by atoms with van der Waals surface area (Å²) in [7, 11) is 0. The summed E-state index contributed by atoms with van der Waals surface area (Å²) in [6, 6.07) is 42.9. The van der Waals surface area contributed by atoms with Gasteiger partial charge in [-0.1, -0.05) is 121 Å². The van der Waals surface area contributed by atoms with E-state index in [1.165, 1.54) is 27.8 Å². The van der Waals surface area contributed by atoms with Gasteiger partial charge < -0.3 is 8.83 Å². The zero-order valence-corrected chi connectivity index (χ0v) is 32.9. The number of para-hydroxylation sites is 3. The highest BCUT2D eigenvalue weighted by molar-refractivity contribution is 6.12. The number of benzene rings is 6. The molecule has 9 aromatic rings. The highest BCUT2D eigenvalue weighted by atomic mass is 16.3. The Morgan fingerprint density at radius 1 is 0.517 bits per heavy atom. The van der Waals surface area contributed by atoms with Gasteiger partial charge in [0.1, 0.15) is 22.3 Å². The fraction of sp³-hybridized carbons (Fsp3) is 0.109. The lowest BCUT2D eigenvalue weighted by molar-refractivity contribution is 0.669. The smallest absolute Gasteiger partial charge is 0.167 e. The lowest BCUT2D eigenvalue weighted by Crippen LogP contribution is -2.07. The minimum Gasteiger partial charge on any atom is -0.456 e. The first-order chi connectivity index (χ1) is 29.7. The minimum absolute atomic E-state index is 0.274. The van der Waals surface area contributed by atoms with Crippen LogP contribution in [0.3, 0.4) is 0 Å². The van der Waals surface area contributed by atoms with Crippen molar-refractivity contribution in [3.8, 4) is 33.9 Å². The van der Waals surface area contributed by atoms with Gasteiger partial charge in [0.15, 0.2) is 17.5 Å². The van der Waals surface area contributed by atoms with Crippen LogP contribution in [-0.2, 0) is 6.42 Å². The number of rotatable bonds is 6. The second-order valence-electron chi connectivity index (χ2n) is 16.1. The molecule has 0 radical (unpaired) electrons. The first-order valence-corrected chi connectivity index (χ1v) is 21.0. The van der Waals surface area contributed by atoms with Crippen molar-refractivity contribution in [2.75, 3.05) is 0 Å². The monoisotopic (exact) mass is 773 g/mol. The predicted octanol–water partition coefficient (Wildman–Crippen LogP) is 14.5. The molecule has 0 saturated heterocycles. The normalized spacial score (nSPS) is 16.2. The van der Waals surface area contributed by atoms with Crippen LogP contribution < -0.4 is 0 Å². The van der Waals surface area contributed by atoms with Crippen LogP contribution in [0, 0.1) is 0 Å². The second kappa shape index (κ2) is 14.2. The van der Waals surface area contributed by atoms with Gasteiger partial charge in [-0.2, -0.15) is 0 Å². The molecular formula is C55H39N3O2. The summed E-state index contributed by atoms with van der Waals surface area (Å²) >= 11 is 0. The molecule has 3 aromatic heterocycles. The van der Waals surface area contributed by atoms with Crippen LogP contribution in [0.1, 0.15) is 59.7 Å². The van der Waals surface area contributed by atoms with E-state index in [1.807, 2.05) is 24.3 Å². The van der Waals surface area contributed by atoms with Crippen molar-refractivity contribution in [1.82, 2.24) is 15.0 Å². The number of hydrogen-bond acceptors (Lipinski definition) is 5. The zero-order valence-electron chi connectivity index (χ0n) is 32.9. The first-order valence-electron chi connectivity index (χ1n) is 21.0. The van der Waals surface area contributed by atoms with Crippen molar-refractivity contribution in [1.29, 1.82) is 0 Å². The highest BCUT2D eigenvalue weighted by Crippen LogP contribution is 2.41. The average Bonchev–Trinajstić information content (AvgIpc) is 3.90. The molecule has 0 N–H and O–H groups in total. The summed E-state index contributed by atoms with van der Waals surface area (Å²) in [5.41, 5.74) is 15.0. The van der Waals surface area contributed by atoms with Gasteiger partial charge in [0.05, 0.1) is 5.56 Å². The van der Waals surface area contributed by atoms with Crippen molar-refractivity contribution in [2.45, 2.75) is 38.0 Å². The summed E-state index contributed by atoms with van der Waals surface area (Å²) in [5, 5.41) is 4.39. The lowest BCUT2D eigenvalue weighted by Gasteiger charge is -2.20. The van der Waals surface area contributed by atoms with Crippen LogP contribution >= 0.6 is 0 Å². The molecule has 5 nitrogen and oxygen atoms in total. The molecule has 3 aliphatic carbocycles. The van der Waals surface area contributed by atoms with E-state index < -0.39 is 0 Å². The van der Waals surface area contributed by atoms with Crippen LogP contribution in [0.25, 0.3) is 95.0 Å². The second-order valence-corrected chi connectivity index (χ2v) is 16.1. The van der Waals surface area contributed by atoms with Gasteiger partial charge >= 0.3 is 0 Å². The van der Waals surface area contributed by atoms with Crippen LogP contribution in [0.2, 0.25) is 0 Å². The molecule has 286 valence electrons. The van der Waals surface area contributed by atoms with E-state index in [9.17, 15) is 0 Å². The average molecular weight is 774 g/mol. The molecular weight excluding hydrogens is 735 g/mol. The van der Waals surface area contributed by atoms with Crippen LogP contribution in [0.4, 0.5) is 0 Å². The molecule has 60 heavy (non-hydrogen) atoms. The largest absolute Gasteiger partial charge is 0.456 e. The van der Waals surface area contributed by atoms with E-state index in [2.05, 4.69) is 146 Å². The van der Waals surface area contributed by atoms with Gasteiger partial charge in [-0.25, -0.2) is 15.0 Å². The van der Waals surface area contributed by atoms with Gasteiger partial charge in [0, 0.05) is 33.0 Å². The number of aryl methyl sites for hydroxylation is 1. The van der Waals surface area contributed by atoms with Crippen LogP contribution in [-0.4, -0.2) is 15.0 Å². The summed E-state index contributed by atoms with van der Waals surface area (Å²) in [6.07, 6.45) is 22.5. The Bertz CT molecular complexity index is 3370. The molecule has 1 unspecified atom stereocenters. The maximum atomic E-state index is 6.57. The topological polar surface area (TPSA) is 65.0 Å². The zero-order chi connectivity index (χ0) is 39.6. The molecule has 1 atom stereocenters. The molecule has 6 aromatic carbocycles. The number of allylic oxidation sites excluding steroid dienone is 9. The third kappa shape index (κ3) is 5.96. The third-order valence-electron chi connectivity index (χ3n) is 12.4. The van der Waals surface area contributed by atoms with Gasteiger partial charge in [0.25, 0.3) is 0 Å². The molecule has 0 bridgehead atoms. The molecule has 0 saturated carbocycles. The first kappa shape index (κ1) is 34.7. The molecule has 3 aliphatic rings. The summed E-state index contributed by atoms with van der Waals surface area (Å²) in [5.74, 6) is 2.23. The Hall–Kier alpha value is -7.37. The van der Waals surface area contributed by atoms with Crippen LogP contribution in [0.15, 0.2) is 173 Å². The van der Waals surface area contributed by atoms with Gasteiger partial charge in [0.2, 0.25) is 0 Å². The number of fused-ring (bicyclic) bond motifs is 7. The fourth-order valence-electron chi connectivity index (χ4n) is 9.39. The summed E-state index contributed by atoms with van der Waals surface area (Å²) < 4.78 is 12.8. The van der Waals surface area contributed by atoms with E-state index in [0.717, 1.165) is 104 Å². The van der Waals surface area contributed by atoms with E-state index in [1.54, 1.807) is 0 Å². The maximum Gasteiger partial charge on any atom is 0.167 e. The lowest BCUT2D eigenvalue weighted by atomic mass is 9.87. The van der Waals surface area contributed by atoms with E-state index in [4.69, 9.17) is 23.8 Å². The van der Waals surface area contributed by atoms with E-state index in [-0.39, 0.29) is 5.92 Å². The van der Waals surface area contributed by atoms with Gasteiger partial charge in [-0.05, 0) is 125 Å². The maximum absolute atomic E-state index is 6.57. The van der Waals surface area contributed by atoms with Crippen molar-refractivity contribution >= 4 is 61.1 Å². The van der Waals surface area contributed by atoms with E-state index in [0.29, 0.717) is 17.5 Å². The minimum atomic E-state index is 0.274. The summed E-state index contributed by atoms with van der Waals surface area (Å²) in [4.78, 5) is 16.0. The molecule has 0 aliphatic heterocycles. The number of aromatic nitrogens is 3. The standard InChI is InChI=1S/C55H39N3O2/c1-3-13-34(14-4-1)40-31-41(35-15-5-2-6-16-35)33-42(32-40)54-56-53(57-55(58-54)47-21-11-20-45-44-17-7-9-22-48(44)60-52(45)47)38-28-26-36-25-27-37(29-39(36)30-38)43-19-12-24-50-51(43)46-18-8-10-23-49(46)59-50/h1-5,7-13,15,17-25,27,29-34H,6,14,16,26,28H2. The molecule has 0 spiro atoms. The molecule has 0 fully saturated rings. The Morgan fingerprint density at radius 2 is 1.30 bits per heavy atom. The Kier molecular flexibility index (Phi) is 8.19. The van der Waals surface area contributed by atoms with Crippen molar-refractivity contribution < 1.29 is 8.83 Å². The number of furan rings is 2. The molecule has 5 heteroatoms. The van der Waals surface area contributed by atoms with Crippen molar-refractivity contribution in [3.05, 3.63) is 192 Å². The van der Waals surface area contributed by atoms with Crippen LogP contribution in [0.5, 0.6) is 0 Å². The number of hydrogen-bond donors (Lipinski definition) is 0. The number of nitrogens with zero attached hydrogens (tertiary/aromatic N) is 3. The Balaban J connectivity index is 1.04. The van der Waals surface area contributed by atoms with Crippen molar-refractivity contribution in [3.63, 3.8) is 0 Å². The molecule has 0 amide bonds. The highest BCUT2D eigenvalue weighted by Gasteiger charge is 2.23. The Labute approximate surface area is 347 Å². The molecule has 3 heterocycles. The Morgan fingerprint density at radius 3 is 2.18 bits per heavy atom. The third-order valence-corrected chi connectivity index (χ3v) is 12.4. The predicted molar refractivity (Wildman–Crippen MR) is 245 cm³/mol. The summed E-state index contributed by atoms with van der Waals surface area (Å²) in [6.45, 7) is 0. The fourth-order valence-corrected chi connectivity index (χ4v) is 9.39. The van der Waals surface area contributed by atoms with E-state index >= 15 is 0 Å². The van der Waals surface area contributed by atoms with Gasteiger partial charge in [-0.3, -0.25) is 0 Å². The SMILES string of the molecule is C1=CCCC(c2cc(-c3nc(C4=Cc5cc(-c6cccc7oc8ccccc8c67)ccc5CC4)nc(-c4cccc5c4oc4ccccc45)n3)cc(C3C=CC=CC3)c2)=C1. The molecule has 12 rings (SSSR count). The van der Waals surface area contributed by atoms with Crippen molar-refractivity contribution in [2.24, 2.45) is 0 Å². The quantitative estimate of drug-likeness (QED) is 0.168.